The van der Waals surface area contributed by atoms with E-state index >= 15 is 0 Å². The molecular weight excluding hydrogens is 255 g/mol. The largest absolute Gasteiger partial charge is 0.481 e. The highest BCUT2D eigenvalue weighted by Crippen LogP contribution is 2.26. The minimum Gasteiger partial charge on any atom is -0.481 e. The first-order valence-electron chi connectivity index (χ1n) is 6.68. The molecule has 2 rings (SSSR count). The molecule has 1 atom stereocenters. The molecule has 2 nitrogen and oxygen atoms in total. The number of hydrogen-bond acceptors (Lipinski definition) is 1. The second-order valence-corrected chi connectivity index (χ2v) is 4.83. The van der Waals surface area contributed by atoms with Crippen molar-refractivity contribution in [3.8, 4) is 11.1 Å². The number of carboxylic acid groups (broad SMARTS) is 1. The van der Waals surface area contributed by atoms with Crippen molar-refractivity contribution in [2.75, 3.05) is 0 Å². The number of benzene rings is 2. The van der Waals surface area contributed by atoms with Crippen LogP contribution in [0.5, 0.6) is 0 Å². The molecular formula is C17H17FO2. The van der Waals surface area contributed by atoms with E-state index in [2.05, 4.69) is 0 Å². The number of halogens is 1. The zero-order valence-electron chi connectivity index (χ0n) is 11.3. The van der Waals surface area contributed by atoms with Gasteiger partial charge in [0.2, 0.25) is 0 Å². The summed E-state index contributed by atoms with van der Waals surface area (Å²) in [6.07, 6.45) is 0.939. The van der Waals surface area contributed by atoms with Crippen LogP contribution in [0, 0.1) is 5.82 Å². The quantitative estimate of drug-likeness (QED) is 0.872. The first-order valence-corrected chi connectivity index (χ1v) is 6.68. The average Bonchev–Trinajstić information content (AvgIpc) is 2.46. The van der Waals surface area contributed by atoms with Gasteiger partial charge in [-0.2, -0.15) is 0 Å². The minimum atomic E-state index is -0.778. The number of aliphatic carboxylic acids is 1. The van der Waals surface area contributed by atoms with Crippen molar-refractivity contribution >= 4 is 5.97 Å². The molecule has 0 spiro atoms. The third-order valence-corrected chi connectivity index (χ3v) is 3.47. The highest BCUT2D eigenvalue weighted by Gasteiger charge is 2.13. The van der Waals surface area contributed by atoms with Crippen molar-refractivity contribution in [1.29, 1.82) is 0 Å². The van der Waals surface area contributed by atoms with E-state index in [1.807, 2.05) is 31.2 Å². The van der Waals surface area contributed by atoms with Crippen LogP contribution in [0.2, 0.25) is 0 Å². The summed E-state index contributed by atoms with van der Waals surface area (Å²) in [4.78, 5) is 10.8. The Kier molecular flexibility index (Phi) is 4.51. The lowest BCUT2D eigenvalue weighted by Crippen LogP contribution is -2.05. The monoisotopic (exact) mass is 272 g/mol. The van der Waals surface area contributed by atoms with Gasteiger partial charge in [0.05, 0.1) is 6.42 Å². The van der Waals surface area contributed by atoms with Gasteiger partial charge in [0.1, 0.15) is 5.82 Å². The Bertz CT molecular complexity index is 573. The smallest absolute Gasteiger partial charge is 0.303 e. The van der Waals surface area contributed by atoms with Crippen LogP contribution in [0.4, 0.5) is 4.39 Å². The van der Waals surface area contributed by atoms with Gasteiger partial charge >= 0.3 is 5.97 Å². The van der Waals surface area contributed by atoms with Gasteiger partial charge in [0.25, 0.3) is 0 Å². The third kappa shape index (κ3) is 3.44. The summed E-state index contributed by atoms with van der Waals surface area (Å²) in [6, 6.07) is 14.1. The Labute approximate surface area is 117 Å². The summed E-state index contributed by atoms with van der Waals surface area (Å²) >= 11 is 0. The fourth-order valence-corrected chi connectivity index (χ4v) is 2.30. The predicted octanol–water partition coefficient (Wildman–Crippen LogP) is 4.46. The molecule has 20 heavy (non-hydrogen) atoms. The summed E-state index contributed by atoms with van der Waals surface area (Å²) in [6.45, 7) is 1.99. The van der Waals surface area contributed by atoms with E-state index in [1.54, 1.807) is 12.1 Å². The van der Waals surface area contributed by atoms with Crippen LogP contribution in [0.1, 0.15) is 31.2 Å². The molecule has 0 radical (unpaired) electrons. The van der Waals surface area contributed by atoms with Crippen LogP contribution in [0.3, 0.4) is 0 Å². The summed E-state index contributed by atoms with van der Waals surface area (Å²) in [5, 5.41) is 8.90. The summed E-state index contributed by atoms with van der Waals surface area (Å²) in [5.41, 5.74) is 2.98. The fourth-order valence-electron chi connectivity index (χ4n) is 2.30. The van der Waals surface area contributed by atoms with Crippen molar-refractivity contribution in [3.63, 3.8) is 0 Å². The van der Waals surface area contributed by atoms with Crippen LogP contribution >= 0.6 is 0 Å². The summed E-state index contributed by atoms with van der Waals surface area (Å²) < 4.78 is 12.9. The maximum Gasteiger partial charge on any atom is 0.303 e. The minimum absolute atomic E-state index is 0.0368. The third-order valence-electron chi connectivity index (χ3n) is 3.47. The van der Waals surface area contributed by atoms with E-state index in [1.165, 1.54) is 12.1 Å². The van der Waals surface area contributed by atoms with E-state index in [0.717, 1.165) is 23.1 Å². The zero-order chi connectivity index (χ0) is 14.5. The maximum absolute atomic E-state index is 12.9. The van der Waals surface area contributed by atoms with Gasteiger partial charge < -0.3 is 5.11 Å². The summed E-state index contributed by atoms with van der Waals surface area (Å²) in [5.74, 6) is -0.993. The van der Waals surface area contributed by atoms with Gasteiger partial charge in [-0.25, -0.2) is 4.39 Å². The van der Waals surface area contributed by atoms with Crippen molar-refractivity contribution in [3.05, 3.63) is 59.9 Å². The lowest BCUT2D eigenvalue weighted by atomic mass is 9.92. The molecule has 0 bridgehead atoms. The average molecular weight is 272 g/mol. The predicted molar refractivity (Wildman–Crippen MR) is 77.1 cm³/mol. The molecule has 0 saturated carbocycles. The zero-order valence-corrected chi connectivity index (χ0v) is 11.3. The molecule has 0 saturated heterocycles. The Hall–Kier alpha value is -2.16. The van der Waals surface area contributed by atoms with Crippen molar-refractivity contribution in [1.82, 2.24) is 0 Å². The molecule has 0 aliphatic carbocycles. The van der Waals surface area contributed by atoms with Gasteiger partial charge in [0.15, 0.2) is 0 Å². The Morgan fingerprint density at radius 1 is 1.05 bits per heavy atom. The molecule has 0 aliphatic rings. The Morgan fingerprint density at radius 2 is 1.55 bits per heavy atom. The normalized spacial score (nSPS) is 12.1. The summed E-state index contributed by atoms with van der Waals surface area (Å²) in [7, 11) is 0. The van der Waals surface area contributed by atoms with Gasteiger partial charge in [-0.1, -0.05) is 43.3 Å². The number of carboxylic acids is 1. The van der Waals surface area contributed by atoms with Gasteiger partial charge in [-0.05, 0) is 41.2 Å². The van der Waals surface area contributed by atoms with Crippen molar-refractivity contribution in [2.45, 2.75) is 25.7 Å². The second-order valence-electron chi connectivity index (χ2n) is 4.83. The second kappa shape index (κ2) is 6.33. The van der Waals surface area contributed by atoms with Crippen molar-refractivity contribution < 1.29 is 14.3 Å². The van der Waals surface area contributed by atoms with Gasteiger partial charge in [-0.3, -0.25) is 4.79 Å². The number of rotatable bonds is 5. The lowest BCUT2D eigenvalue weighted by molar-refractivity contribution is -0.137. The molecule has 2 aromatic carbocycles. The van der Waals surface area contributed by atoms with Crippen LogP contribution in [0.15, 0.2) is 48.5 Å². The van der Waals surface area contributed by atoms with E-state index in [0.29, 0.717) is 0 Å². The van der Waals surface area contributed by atoms with Gasteiger partial charge in [-0.15, -0.1) is 0 Å². The van der Waals surface area contributed by atoms with E-state index in [-0.39, 0.29) is 18.2 Å². The van der Waals surface area contributed by atoms with Crippen LogP contribution < -0.4 is 0 Å². The van der Waals surface area contributed by atoms with Crippen LogP contribution in [-0.2, 0) is 4.79 Å². The molecule has 1 N–H and O–H groups in total. The maximum atomic E-state index is 12.9. The first kappa shape index (κ1) is 14.3. The highest BCUT2D eigenvalue weighted by molar-refractivity contribution is 5.68. The molecule has 0 aliphatic heterocycles. The lowest BCUT2D eigenvalue weighted by Gasteiger charge is -2.13. The standard InChI is InChI=1S/C17H17FO2/c1-2-12(11-17(19)20)13-3-5-14(6-4-13)15-7-9-16(18)10-8-15/h3-10,12H,2,11H2,1H3,(H,19,20). The van der Waals surface area contributed by atoms with E-state index in [9.17, 15) is 9.18 Å². The Balaban J connectivity index is 2.20. The fraction of sp³-hybridized carbons (Fsp3) is 0.235. The Morgan fingerprint density at radius 3 is 2.00 bits per heavy atom. The number of carbonyl (C=O) groups is 1. The molecule has 3 heteroatoms. The van der Waals surface area contributed by atoms with Gasteiger partial charge in [0, 0.05) is 0 Å². The molecule has 1 unspecified atom stereocenters. The molecule has 0 amide bonds. The molecule has 0 aromatic heterocycles. The molecule has 0 fully saturated rings. The van der Waals surface area contributed by atoms with E-state index in [4.69, 9.17) is 5.11 Å². The number of hydrogen-bond donors (Lipinski definition) is 1. The van der Waals surface area contributed by atoms with Crippen LogP contribution in [0.25, 0.3) is 11.1 Å². The molecule has 2 aromatic rings. The SMILES string of the molecule is CCC(CC(=O)O)c1ccc(-c2ccc(F)cc2)cc1. The first-order chi connectivity index (χ1) is 9.60. The molecule has 104 valence electrons. The van der Waals surface area contributed by atoms with Crippen LogP contribution in [-0.4, -0.2) is 11.1 Å². The molecule has 0 heterocycles. The van der Waals surface area contributed by atoms with E-state index < -0.39 is 5.97 Å². The highest BCUT2D eigenvalue weighted by atomic mass is 19.1. The topological polar surface area (TPSA) is 37.3 Å². The van der Waals surface area contributed by atoms with Crippen molar-refractivity contribution in [2.24, 2.45) is 0 Å².